The Balaban J connectivity index is 2.18. The SMILES string of the molecule is Cc1nc(Cc2nc(O)cs2)sc1C. The number of nitrogens with zero attached hydrogens (tertiary/aromatic N) is 2. The molecular formula is C9H10N2OS2. The molecule has 0 unspecified atom stereocenters. The molecule has 0 aromatic carbocycles. The minimum atomic E-state index is 0.106. The summed E-state index contributed by atoms with van der Waals surface area (Å²) in [6.07, 6.45) is 0.727. The summed E-state index contributed by atoms with van der Waals surface area (Å²) in [5, 5.41) is 12.7. The van der Waals surface area contributed by atoms with E-state index >= 15 is 0 Å². The molecule has 74 valence electrons. The van der Waals surface area contributed by atoms with E-state index in [1.165, 1.54) is 16.2 Å². The van der Waals surface area contributed by atoms with Crippen molar-refractivity contribution in [1.29, 1.82) is 0 Å². The summed E-state index contributed by atoms with van der Waals surface area (Å²) in [6.45, 7) is 4.07. The third-order valence-electron chi connectivity index (χ3n) is 1.91. The van der Waals surface area contributed by atoms with Gasteiger partial charge in [0.25, 0.3) is 0 Å². The fourth-order valence-corrected chi connectivity index (χ4v) is 2.82. The second-order valence-corrected chi connectivity index (χ2v) is 5.26. The second kappa shape index (κ2) is 3.67. The van der Waals surface area contributed by atoms with Gasteiger partial charge in [0, 0.05) is 4.88 Å². The highest BCUT2D eigenvalue weighted by Crippen LogP contribution is 2.22. The number of hydrogen-bond acceptors (Lipinski definition) is 5. The van der Waals surface area contributed by atoms with Crippen molar-refractivity contribution in [3.8, 4) is 5.88 Å². The van der Waals surface area contributed by atoms with Crippen LogP contribution in [0.15, 0.2) is 5.38 Å². The zero-order valence-corrected chi connectivity index (χ0v) is 9.58. The Bertz CT molecular complexity index is 428. The molecule has 2 heterocycles. The van der Waals surface area contributed by atoms with Gasteiger partial charge in [-0.05, 0) is 13.8 Å². The molecule has 14 heavy (non-hydrogen) atoms. The van der Waals surface area contributed by atoms with E-state index in [0.717, 1.165) is 22.1 Å². The predicted molar refractivity (Wildman–Crippen MR) is 58.2 cm³/mol. The maximum atomic E-state index is 9.07. The van der Waals surface area contributed by atoms with Gasteiger partial charge in [-0.25, -0.2) is 9.97 Å². The van der Waals surface area contributed by atoms with E-state index < -0.39 is 0 Å². The Kier molecular flexibility index (Phi) is 2.52. The Morgan fingerprint density at radius 1 is 1.29 bits per heavy atom. The van der Waals surface area contributed by atoms with E-state index in [0.29, 0.717) is 0 Å². The summed E-state index contributed by atoms with van der Waals surface area (Å²) in [4.78, 5) is 9.65. The van der Waals surface area contributed by atoms with Crippen molar-refractivity contribution in [2.24, 2.45) is 0 Å². The summed E-state index contributed by atoms with van der Waals surface area (Å²) in [5.41, 5.74) is 1.09. The molecule has 0 spiro atoms. The molecule has 0 aliphatic rings. The van der Waals surface area contributed by atoms with Gasteiger partial charge >= 0.3 is 0 Å². The lowest BCUT2D eigenvalue weighted by atomic mass is 10.4. The van der Waals surface area contributed by atoms with Gasteiger partial charge in [0.2, 0.25) is 5.88 Å². The lowest BCUT2D eigenvalue weighted by Crippen LogP contribution is -1.85. The van der Waals surface area contributed by atoms with Crippen molar-refractivity contribution >= 4 is 22.7 Å². The van der Waals surface area contributed by atoms with Gasteiger partial charge < -0.3 is 5.11 Å². The zero-order valence-electron chi connectivity index (χ0n) is 7.94. The lowest BCUT2D eigenvalue weighted by Gasteiger charge is -1.88. The average Bonchev–Trinajstić information content (AvgIpc) is 2.62. The zero-order chi connectivity index (χ0) is 10.1. The number of rotatable bonds is 2. The van der Waals surface area contributed by atoms with Crippen LogP contribution in [-0.4, -0.2) is 15.1 Å². The molecule has 2 aromatic rings. The summed E-state index contributed by atoms with van der Waals surface area (Å²) >= 11 is 3.16. The maximum absolute atomic E-state index is 9.07. The van der Waals surface area contributed by atoms with Gasteiger partial charge in [-0.15, -0.1) is 22.7 Å². The molecule has 0 aliphatic heterocycles. The molecule has 0 bridgehead atoms. The van der Waals surface area contributed by atoms with Gasteiger partial charge in [-0.3, -0.25) is 0 Å². The van der Waals surface area contributed by atoms with Crippen LogP contribution in [0.25, 0.3) is 0 Å². The van der Waals surface area contributed by atoms with Crippen LogP contribution in [0.4, 0.5) is 0 Å². The van der Waals surface area contributed by atoms with E-state index in [1.54, 1.807) is 16.7 Å². The molecule has 2 rings (SSSR count). The quantitative estimate of drug-likeness (QED) is 0.855. The van der Waals surface area contributed by atoms with Crippen molar-refractivity contribution in [2.45, 2.75) is 20.3 Å². The van der Waals surface area contributed by atoms with Crippen LogP contribution < -0.4 is 0 Å². The predicted octanol–water partition coefficient (Wildman–Crippen LogP) is 2.51. The molecule has 0 fully saturated rings. The summed E-state index contributed by atoms with van der Waals surface area (Å²) in [7, 11) is 0. The first-order valence-corrected chi connectivity index (χ1v) is 5.91. The largest absolute Gasteiger partial charge is 0.493 e. The standard InChI is InChI=1S/C9H10N2OS2/c1-5-6(2)14-9(10-5)3-8-11-7(12)4-13-8/h4,12H,3H2,1-2H3. The third kappa shape index (κ3) is 1.93. The van der Waals surface area contributed by atoms with Crippen molar-refractivity contribution in [2.75, 3.05) is 0 Å². The summed E-state index contributed by atoms with van der Waals surface area (Å²) in [6, 6.07) is 0. The molecule has 5 heteroatoms. The van der Waals surface area contributed by atoms with Crippen LogP contribution in [0.3, 0.4) is 0 Å². The van der Waals surface area contributed by atoms with Crippen molar-refractivity contribution in [3.63, 3.8) is 0 Å². The summed E-state index contributed by atoms with van der Waals surface area (Å²) < 4.78 is 0. The van der Waals surface area contributed by atoms with E-state index in [1.807, 2.05) is 6.92 Å². The molecule has 3 nitrogen and oxygen atoms in total. The number of aromatic hydroxyl groups is 1. The lowest BCUT2D eigenvalue weighted by molar-refractivity contribution is 0.456. The second-order valence-electron chi connectivity index (χ2n) is 3.03. The van der Waals surface area contributed by atoms with Gasteiger partial charge in [0.15, 0.2) is 0 Å². The Labute approximate surface area is 90.1 Å². The topological polar surface area (TPSA) is 46.0 Å². The molecule has 0 amide bonds. The molecule has 2 aromatic heterocycles. The fourth-order valence-electron chi connectivity index (χ4n) is 1.13. The molecule has 0 saturated carbocycles. The number of thiazole rings is 2. The first-order valence-electron chi connectivity index (χ1n) is 4.21. The maximum Gasteiger partial charge on any atom is 0.222 e. The Hall–Kier alpha value is -0.940. The highest BCUT2D eigenvalue weighted by Gasteiger charge is 2.07. The third-order valence-corrected chi connectivity index (χ3v) is 3.82. The van der Waals surface area contributed by atoms with Crippen LogP contribution in [0.2, 0.25) is 0 Å². The number of aryl methyl sites for hydroxylation is 2. The Morgan fingerprint density at radius 2 is 2.07 bits per heavy atom. The highest BCUT2D eigenvalue weighted by atomic mass is 32.1. The number of hydrogen-bond donors (Lipinski definition) is 1. The number of aromatic nitrogens is 2. The van der Waals surface area contributed by atoms with E-state index in [2.05, 4.69) is 16.9 Å². The molecule has 0 aliphatic carbocycles. The van der Waals surface area contributed by atoms with Crippen molar-refractivity contribution < 1.29 is 5.11 Å². The Morgan fingerprint density at radius 3 is 2.57 bits per heavy atom. The first kappa shape index (κ1) is 9.61. The van der Waals surface area contributed by atoms with Gasteiger partial charge in [0.1, 0.15) is 5.01 Å². The van der Waals surface area contributed by atoms with Crippen molar-refractivity contribution in [1.82, 2.24) is 9.97 Å². The molecular weight excluding hydrogens is 216 g/mol. The first-order chi connectivity index (χ1) is 6.65. The summed E-state index contributed by atoms with van der Waals surface area (Å²) in [5.74, 6) is 0.106. The van der Waals surface area contributed by atoms with Crippen LogP contribution in [0, 0.1) is 13.8 Å². The van der Waals surface area contributed by atoms with Crippen LogP contribution in [0.1, 0.15) is 20.6 Å². The van der Waals surface area contributed by atoms with E-state index in [9.17, 15) is 0 Å². The van der Waals surface area contributed by atoms with Gasteiger partial charge in [-0.1, -0.05) is 0 Å². The molecule has 0 saturated heterocycles. The normalized spacial score (nSPS) is 10.7. The molecule has 0 radical (unpaired) electrons. The van der Waals surface area contributed by atoms with Crippen LogP contribution >= 0.6 is 22.7 Å². The van der Waals surface area contributed by atoms with Crippen LogP contribution in [-0.2, 0) is 6.42 Å². The highest BCUT2D eigenvalue weighted by molar-refractivity contribution is 7.12. The van der Waals surface area contributed by atoms with E-state index in [-0.39, 0.29) is 5.88 Å². The van der Waals surface area contributed by atoms with Gasteiger partial charge in [-0.2, -0.15) is 0 Å². The average molecular weight is 226 g/mol. The fraction of sp³-hybridized carbons (Fsp3) is 0.333. The minimum absolute atomic E-state index is 0.106. The van der Waals surface area contributed by atoms with Crippen molar-refractivity contribution in [3.05, 3.63) is 26.0 Å². The molecule has 0 atom stereocenters. The van der Waals surface area contributed by atoms with Gasteiger partial charge in [0.05, 0.1) is 22.5 Å². The van der Waals surface area contributed by atoms with E-state index in [4.69, 9.17) is 5.11 Å². The smallest absolute Gasteiger partial charge is 0.222 e. The van der Waals surface area contributed by atoms with Crippen LogP contribution in [0.5, 0.6) is 5.88 Å². The monoisotopic (exact) mass is 226 g/mol. The minimum Gasteiger partial charge on any atom is -0.493 e. The molecule has 1 N–H and O–H groups in total.